The Balaban J connectivity index is 3.55. The molecule has 0 aromatic carbocycles. The van der Waals surface area contributed by atoms with E-state index in [4.69, 9.17) is 5.11 Å². The number of nitrogens with zero attached hydrogens (tertiary/aromatic N) is 1. The summed E-state index contributed by atoms with van der Waals surface area (Å²) >= 11 is 0. The zero-order valence-corrected chi connectivity index (χ0v) is 11.4. The van der Waals surface area contributed by atoms with Crippen LogP contribution in [0, 0.1) is 0 Å². The van der Waals surface area contributed by atoms with Crippen molar-refractivity contribution >= 4 is 11.9 Å². The second kappa shape index (κ2) is 9.85. The number of aliphatic hydroxyl groups is 1. The third-order valence-electron chi connectivity index (χ3n) is 2.45. The molecule has 6 nitrogen and oxygen atoms in total. The largest absolute Gasteiger partial charge is 0.469 e. The second-order valence-electron chi connectivity index (χ2n) is 4.41. The number of carbonyl (C=O) groups is 2. The van der Waals surface area contributed by atoms with Crippen LogP contribution in [0.25, 0.3) is 0 Å². The number of hydrogen-bond donors (Lipinski definition) is 2. The van der Waals surface area contributed by atoms with E-state index in [0.717, 1.165) is 0 Å². The van der Waals surface area contributed by atoms with Gasteiger partial charge in [0.2, 0.25) is 5.91 Å². The Hall–Kier alpha value is -1.14. The lowest BCUT2D eigenvalue weighted by Gasteiger charge is -2.16. The van der Waals surface area contributed by atoms with Gasteiger partial charge in [-0.2, -0.15) is 0 Å². The van der Waals surface area contributed by atoms with Crippen molar-refractivity contribution in [2.75, 3.05) is 33.8 Å². The highest BCUT2D eigenvalue weighted by molar-refractivity contribution is 5.78. The molecular formula is C12H24N2O4. The Morgan fingerprint density at radius 1 is 1.44 bits per heavy atom. The van der Waals surface area contributed by atoms with Gasteiger partial charge in [0.25, 0.3) is 0 Å². The van der Waals surface area contributed by atoms with E-state index >= 15 is 0 Å². The van der Waals surface area contributed by atoms with Gasteiger partial charge in [-0.25, -0.2) is 0 Å². The minimum absolute atomic E-state index is 0.0760. The molecule has 0 radical (unpaired) electrons. The summed E-state index contributed by atoms with van der Waals surface area (Å²) in [5.41, 5.74) is 0. The molecule has 0 aliphatic rings. The molecule has 6 heteroatoms. The van der Waals surface area contributed by atoms with Gasteiger partial charge < -0.3 is 15.2 Å². The Kier molecular flexibility index (Phi) is 9.22. The van der Waals surface area contributed by atoms with Crippen LogP contribution in [0.2, 0.25) is 0 Å². The highest BCUT2D eigenvalue weighted by Crippen LogP contribution is 1.93. The Labute approximate surface area is 108 Å². The Morgan fingerprint density at radius 3 is 2.67 bits per heavy atom. The Morgan fingerprint density at radius 2 is 2.11 bits per heavy atom. The molecule has 0 heterocycles. The summed E-state index contributed by atoms with van der Waals surface area (Å²) in [6.45, 7) is 3.16. The van der Waals surface area contributed by atoms with Crippen molar-refractivity contribution in [3.05, 3.63) is 0 Å². The fourth-order valence-corrected chi connectivity index (χ4v) is 1.35. The molecule has 0 aliphatic heterocycles. The maximum atomic E-state index is 11.5. The smallest absolute Gasteiger partial charge is 0.305 e. The molecule has 0 rings (SSSR count). The first-order valence-electron chi connectivity index (χ1n) is 6.15. The molecule has 106 valence electrons. The number of esters is 1. The fraction of sp³-hybridized carbons (Fsp3) is 0.833. The average molecular weight is 260 g/mol. The number of ether oxygens (including phenoxy) is 1. The van der Waals surface area contributed by atoms with Crippen LogP contribution < -0.4 is 5.32 Å². The lowest BCUT2D eigenvalue weighted by atomic mass is 10.3. The highest BCUT2D eigenvalue weighted by atomic mass is 16.5. The maximum absolute atomic E-state index is 11.5. The van der Waals surface area contributed by atoms with E-state index in [0.29, 0.717) is 38.9 Å². The molecule has 1 amide bonds. The first kappa shape index (κ1) is 16.9. The van der Waals surface area contributed by atoms with Crippen LogP contribution in [0.5, 0.6) is 0 Å². The number of amides is 1. The number of methoxy groups -OCH3 is 1. The van der Waals surface area contributed by atoms with E-state index in [1.165, 1.54) is 7.11 Å². The lowest BCUT2D eigenvalue weighted by molar-refractivity contribution is -0.140. The molecule has 2 N–H and O–H groups in total. The minimum Gasteiger partial charge on any atom is -0.469 e. The monoisotopic (exact) mass is 260 g/mol. The molecule has 0 spiro atoms. The van der Waals surface area contributed by atoms with Gasteiger partial charge in [-0.05, 0) is 26.8 Å². The van der Waals surface area contributed by atoms with Crippen molar-refractivity contribution in [3.8, 4) is 0 Å². The number of hydrogen-bond acceptors (Lipinski definition) is 5. The van der Waals surface area contributed by atoms with Gasteiger partial charge in [-0.1, -0.05) is 0 Å². The standard InChI is InChI=1S/C12H24N2O4/c1-10(15)6-8-14(2)9-11(16)13-7-4-5-12(17)18-3/h10,15H,4-9H2,1-3H3,(H,13,16). The van der Waals surface area contributed by atoms with Crippen LogP contribution in [0.15, 0.2) is 0 Å². The third kappa shape index (κ3) is 10.0. The van der Waals surface area contributed by atoms with E-state index in [1.54, 1.807) is 6.92 Å². The van der Waals surface area contributed by atoms with Crippen LogP contribution >= 0.6 is 0 Å². The molecule has 0 aromatic heterocycles. The van der Waals surface area contributed by atoms with Crippen molar-refractivity contribution in [1.29, 1.82) is 0 Å². The molecule has 1 atom stereocenters. The van der Waals surface area contributed by atoms with Crippen LogP contribution in [-0.4, -0.2) is 61.8 Å². The van der Waals surface area contributed by atoms with Crippen LogP contribution in [0.4, 0.5) is 0 Å². The van der Waals surface area contributed by atoms with E-state index in [9.17, 15) is 9.59 Å². The second-order valence-corrected chi connectivity index (χ2v) is 4.41. The minimum atomic E-state index is -0.351. The topological polar surface area (TPSA) is 78.9 Å². The Bertz CT molecular complexity index is 256. The lowest BCUT2D eigenvalue weighted by Crippen LogP contribution is -2.36. The first-order valence-corrected chi connectivity index (χ1v) is 6.15. The number of nitrogens with one attached hydrogen (secondary N) is 1. The van der Waals surface area contributed by atoms with Gasteiger partial charge in [0, 0.05) is 19.5 Å². The molecule has 0 aliphatic carbocycles. The van der Waals surface area contributed by atoms with Gasteiger partial charge in [-0.15, -0.1) is 0 Å². The van der Waals surface area contributed by atoms with Gasteiger partial charge in [0.15, 0.2) is 0 Å². The van der Waals surface area contributed by atoms with E-state index < -0.39 is 0 Å². The molecule has 0 fully saturated rings. The molecule has 0 bridgehead atoms. The molecule has 0 saturated carbocycles. The van der Waals surface area contributed by atoms with E-state index in [2.05, 4.69) is 10.1 Å². The normalized spacial score (nSPS) is 12.3. The first-order chi connectivity index (χ1) is 8.45. The van der Waals surface area contributed by atoms with Gasteiger partial charge in [-0.3, -0.25) is 14.5 Å². The van der Waals surface area contributed by atoms with Crippen LogP contribution in [0.3, 0.4) is 0 Å². The highest BCUT2D eigenvalue weighted by Gasteiger charge is 2.07. The summed E-state index contributed by atoms with van der Waals surface area (Å²) in [4.78, 5) is 24.1. The van der Waals surface area contributed by atoms with Crippen molar-refractivity contribution in [2.24, 2.45) is 0 Å². The molecule has 18 heavy (non-hydrogen) atoms. The SMILES string of the molecule is COC(=O)CCCNC(=O)CN(C)CCC(C)O. The summed E-state index contributed by atoms with van der Waals surface area (Å²) in [6.07, 6.45) is 1.19. The van der Waals surface area contributed by atoms with Crippen molar-refractivity contribution in [2.45, 2.75) is 32.3 Å². The summed E-state index contributed by atoms with van der Waals surface area (Å²) in [6, 6.07) is 0. The van der Waals surface area contributed by atoms with E-state index in [1.807, 2.05) is 11.9 Å². The third-order valence-corrected chi connectivity index (χ3v) is 2.45. The predicted octanol–water partition coefficient (Wildman–Crippen LogP) is -0.241. The van der Waals surface area contributed by atoms with Crippen molar-refractivity contribution in [3.63, 3.8) is 0 Å². The summed E-state index contributed by atoms with van der Waals surface area (Å²) in [7, 11) is 3.18. The average Bonchev–Trinajstić information content (AvgIpc) is 2.31. The zero-order chi connectivity index (χ0) is 14.0. The predicted molar refractivity (Wildman–Crippen MR) is 68.1 cm³/mol. The van der Waals surface area contributed by atoms with Crippen LogP contribution in [-0.2, 0) is 14.3 Å². The molecular weight excluding hydrogens is 236 g/mol. The zero-order valence-electron chi connectivity index (χ0n) is 11.4. The molecule has 0 aromatic rings. The number of aliphatic hydroxyl groups excluding tert-OH is 1. The van der Waals surface area contributed by atoms with Crippen molar-refractivity contribution in [1.82, 2.24) is 10.2 Å². The number of rotatable bonds is 9. The number of likely N-dealkylation sites (N-methyl/N-ethyl adjacent to an activating group) is 1. The quantitative estimate of drug-likeness (QED) is 0.442. The van der Waals surface area contributed by atoms with Crippen LogP contribution in [0.1, 0.15) is 26.2 Å². The molecule has 0 saturated heterocycles. The maximum Gasteiger partial charge on any atom is 0.305 e. The summed E-state index contributed by atoms with van der Waals surface area (Å²) in [5.74, 6) is -0.341. The van der Waals surface area contributed by atoms with Gasteiger partial charge in [0.05, 0.1) is 19.8 Å². The molecule has 1 unspecified atom stereocenters. The van der Waals surface area contributed by atoms with Gasteiger partial charge >= 0.3 is 5.97 Å². The number of carbonyl (C=O) groups excluding carboxylic acids is 2. The summed E-state index contributed by atoms with van der Waals surface area (Å²) < 4.78 is 4.49. The summed E-state index contributed by atoms with van der Waals surface area (Å²) in [5, 5.41) is 11.8. The van der Waals surface area contributed by atoms with Crippen molar-refractivity contribution < 1.29 is 19.4 Å². The fourth-order valence-electron chi connectivity index (χ4n) is 1.35. The van der Waals surface area contributed by atoms with E-state index in [-0.39, 0.29) is 18.0 Å². The van der Waals surface area contributed by atoms with Gasteiger partial charge in [0.1, 0.15) is 0 Å².